The second-order valence-corrected chi connectivity index (χ2v) is 9.95. The molecule has 1 atom stereocenters. The number of ether oxygens (including phenoxy) is 1. The minimum absolute atomic E-state index is 0.0735. The predicted octanol–water partition coefficient (Wildman–Crippen LogP) is 3.19. The number of nitrogen functional groups attached to an aromatic ring is 1. The van der Waals surface area contributed by atoms with E-state index in [9.17, 15) is 9.59 Å². The molecule has 1 aromatic carbocycles. The summed E-state index contributed by atoms with van der Waals surface area (Å²) in [6, 6.07) is 8.58. The molecule has 1 amide bonds. The van der Waals surface area contributed by atoms with Crippen LogP contribution in [-0.4, -0.2) is 70.4 Å². The van der Waals surface area contributed by atoms with Crippen LogP contribution in [0.4, 0.5) is 0 Å². The van der Waals surface area contributed by atoms with Crippen molar-refractivity contribution < 1.29 is 14.3 Å². The molecule has 0 bridgehead atoms. The van der Waals surface area contributed by atoms with Gasteiger partial charge in [0.1, 0.15) is 5.84 Å². The van der Waals surface area contributed by atoms with E-state index >= 15 is 0 Å². The van der Waals surface area contributed by atoms with Crippen molar-refractivity contribution in [1.82, 2.24) is 14.4 Å². The maximum absolute atomic E-state index is 13.4. The zero-order chi connectivity index (χ0) is 24.9. The lowest BCUT2D eigenvalue weighted by molar-refractivity contribution is -0.146. The number of fused-ring (bicyclic) bond motifs is 1. The van der Waals surface area contributed by atoms with Crippen LogP contribution < -0.4 is 5.73 Å². The first-order valence-electron chi connectivity index (χ1n) is 13.0. The number of hydrogen-bond acceptors (Lipinski definition) is 5. The standard InChI is InChI=1S/C27H39N5O3/c1-3-35-26(34)18-31(21-7-4-5-8-21)17-25(33)32-14-6-9-22(32)12-13-23-15-19-10-11-20(27(28)29)16-24(19)30(23)2/h10-11,15-16,21-22H,3-9,12-14,17-18H2,1-2H3,(H3,28,29)/t22-/m0/s1. The summed E-state index contributed by atoms with van der Waals surface area (Å²) < 4.78 is 7.35. The molecule has 190 valence electrons. The van der Waals surface area contributed by atoms with Crippen LogP contribution in [-0.2, 0) is 27.8 Å². The molecule has 0 radical (unpaired) electrons. The first-order valence-corrected chi connectivity index (χ1v) is 13.0. The first-order chi connectivity index (χ1) is 16.9. The van der Waals surface area contributed by atoms with Gasteiger partial charge in [-0.3, -0.25) is 19.9 Å². The van der Waals surface area contributed by atoms with E-state index in [2.05, 4.69) is 15.5 Å². The summed E-state index contributed by atoms with van der Waals surface area (Å²) in [5.74, 6) is -0.0370. The van der Waals surface area contributed by atoms with Gasteiger partial charge in [0.15, 0.2) is 0 Å². The van der Waals surface area contributed by atoms with Gasteiger partial charge in [-0.05, 0) is 63.0 Å². The highest BCUT2D eigenvalue weighted by Gasteiger charge is 2.32. The van der Waals surface area contributed by atoms with Crippen LogP contribution in [0, 0.1) is 5.41 Å². The molecule has 1 saturated heterocycles. The fourth-order valence-corrected chi connectivity index (χ4v) is 5.79. The van der Waals surface area contributed by atoms with Crippen LogP contribution >= 0.6 is 0 Å². The van der Waals surface area contributed by atoms with Gasteiger partial charge in [-0.15, -0.1) is 0 Å². The Morgan fingerprint density at radius 3 is 2.63 bits per heavy atom. The van der Waals surface area contributed by atoms with Crippen LogP contribution in [0.25, 0.3) is 10.9 Å². The molecule has 8 heteroatoms. The van der Waals surface area contributed by atoms with Crippen molar-refractivity contribution in [3.8, 4) is 0 Å². The fourth-order valence-electron chi connectivity index (χ4n) is 5.79. The number of nitrogens with zero attached hydrogens (tertiary/aromatic N) is 3. The number of aryl methyl sites for hydroxylation is 2. The zero-order valence-electron chi connectivity index (χ0n) is 21.1. The van der Waals surface area contributed by atoms with E-state index in [4.69, 9.17) is 15.9 Å². The summed E-state index contributed by atoms with van der Waals surface area (Å²) in [5, 5.41) is 8.84. The highest BCUT2D eigenvalue weighted by atomic mass is 16.5. The Labute approximate surface area is 207 Å². The number of carbonyl (C=O) groups excluding carboxylic acids is 2. The molecule has 2 heterocycles. The van der Waals surface area contributed by atoms with E-state index in [1.54, 1.807) is 0 Å². The number of nitrogens with two attached hydrogens (primary N) is 1. The average Bonchev–Trinajstić information content (AvgIpc) is 3.58. The second-order valence-electron chi connectivity index (χ2n) is 9.95. The van der Waals surface area contributed by atoms with Crippen LogP contribution in [0.1, 0.15) is 63.1 Å². The van der Waals surface area contributed by atoms with Crippen LogP contribution in [0.15, 0.2) is 24.3 Å². The molecule has 8 nitrogen and oxygen atoms in total. The lowest BCUT2D eigenvalue weighted by Crippen LogP contribution is -2.47. The number of carbonyl (C=O) groups is 2. The van der Waals surface area contributed by atoms with Crippen molar-refractivity contribution in [3.05, 3.63) is 35.5 Å². The summed E-state index contributed by atoms with van der Waals surface area (Å²) in [4.78, 5) is 29.7. The number of nitrogens with one attached hydrogen (secondary N) is 1. The van der Waals surface area contributed by atoms with Crippen molar-refractivity contribution in [3.63, 3.8) is 0 Å². The Bertz CT molecular complexity index is 1070. The van der Waals surface area contributed by atoms with Gasteiger partial charge in [0.25, 0.3) is 0 Å². The maximum atomic E-state index is 13.4. The van der Waals surface area contributed by atoms with Gasteiger partial charge in [-0.25, -0.2) is 0 Å². The highest BCUT2D eigenvalue weighted by molar-refractivity contribution is 5.98. The average molecular weight is 482 g/mol. The van der Waals surface area contributed by atoms with Crippen molar-refractivity contribution in [2.75, 3.05) is 26.2 Å². The highest BCUT2D eigenvalue weighted by Crippen LogP contribution is 2.27. The molecule has 0 unspecified atom stereocenters. The largest absolute Gasteiger partial charge is 0.465 e. The lowest BCUT2D eigenvalue weighted by Gasteiger charge is -2.31. The quantitative estimate of drug-likeness (QED) is 0.308. The summed E-state index contributed by atoms with van der Waals surface area (Å²) in [7, 11) is 2.05. The van der Waals surface area contributed by atoms with Crippen LogP contribution in [0.3, 0.4) is 0 Å². The summed E-state index contributed by atoms with van der Waals surface area (Å²) in [5.41, 5.74) is 8.68. The normalized spacial score (nSPS) is 18.6. The molecule has 2 fully saturated rings. The third-order valence-corrected chi connectivity index (χ3v) is 7.70. The van der Waals surface area contributed by atoms with Crippen molar-refractivity contribution in [2.45, 2.75) is 70.4 Å². The minimum atomic E-state index is -0.242. The molecule has 2 aliphatic rings. The van der Waals surface area contributed by atoms with E-state index in [1.165, 1.54) is 5.69 Å². The smallest absolute Gasteiger partial charge is 0.320 e. The molecule has 35 heavy (non-hydrogen) atoms. The van der Waals surface area contributed by atoms with Gasteiger partial charge < -0.3 is 19.9 Å². The van der Waals surface area contributed by atoms with E-state index in [-0.39, 0.29) is 30.3 Å². The van der Waals surface area contributed by atoms with E-state index < -0.39 is 0 Å². The number of esters is 1. The fraction of sp³-hybridized carbons (Fsp3) is 0.593. The van der Waals surface area contributed by atoms with Gasteiger partial charge in [0, 0.05) is 42.5 Å². The minimum Gasteiger partial charge on any atom is -0.465 e. The van der Waals surface area contributed by atoms with Crippen molar-refractivity contribution >= 4 is 28.6 Å². The van der Waals surface area contributed by atoms with E-state index in [0.717, 1.165) is 74.4 Å². The molecule has 4 rings (SSSR count). The Morgan fingerprint density at radius 1 is 1.14 bits per heavy atom. The second kappa shape index (κ2) is 11.2. The topological polar surface area (TPSA) is 105 Å². The molecular weight excluding hydrogens is 442 g/mol. The zero-order valence-corrected chi connectivity index (χ0v) is 21.1. The predicted molar refractivity (Wildman–Crippen MR) is 137 cm³/mol. The van der Waals surface area contributed by atoms with Crippen molar-refractivity contribution in [2.24, 2.45) is 12.8 Å². The number of amides is 1. The number of rotatable bonds is 10. The molecule has 0 spiro atoms. The number of likely N-dealkylation sites (tertiary alicyclic amines) is 1. The maximum Gasteiger partial charge on any atom is 0.320 e. The number of aromatic nitrogens is 1. The third kappa shape index (κ3) is 5.86. The van der Waals surface area contributed by atoms with Crippen LogP contribution in [0.2, 0.25) is 0 Å². The van der Waals surface area contributed by atoms with Gasteiger partial charge in [0.2, 0.25) is 5.91 Å². The lowest BCUT2D eigenvalue weighted by atomic mass is 10.1. The molecule has 2 aromatic rings. The molecule has 1 aliphatic heterocycles. The Hall–Kier alpha value is -2.87. The van der Waals surface area contributed by atoms with Gasteiger partial charge >= 0.3 is 5.97 Å². The molecule has 1 aromatic heterocycles. The monoisotopic (exact) mass is 481 g/mol. The van der Waals surface area contributed by atoms with Crippen LogP contribution in [0.5, 0.6) is 0 Å². The Kier molecular flexibility index (Phi) is 8.11. The molecular formula is C27H39N5O3. The van der Waals surface area contributed by atoms with E-state index in [1.807, 2.05) is 37.1 Å². The third-order valence-electron chi connectivity index (χ3n) is 7.70. The summed E-state index contributed by atoms with van der Waals surface area (Å²) in [6.45, 7) is 3.46. The number of amidine groups is 1. The van der Waals surface area contributed by atoms with Gasteiger partial charge in [-0.1, -0.05) is 25.0 Å². The Balaban J connectivity index is 1.40. The number of hydrogen-bond donors (Lipinski definition) is 2. The van der Waals surface area contributed by atoms with Crippen molar-refractivity contribution in [1.29, 1.82) is 5.41 Å². The van der Waals surface area contributed by atoms with Gasteiger partial charge in [0.05, 0.1) is 19.7 Å². The molecule has 1 saturated carbocycles. The summed E-state index contributed by atoms with van der Waals surface area (Å²) >= 11 is 0. The molecule has 3 N–H and O–H groups in total. The van der Waals surface area contributed by atoms with E-state index in [0.29, 0.717) is 19.2 Å². The number of benzene rings is 1. The van der Waals surface area contributed by atoms with Gasteiger partial charge in [-0.2, -0.15) is 0 Å². The SMILES string of the molecule is CCOC(=O)CN(CC(=O)N1CCC[C@H]1CCc1cc2ccc(C(=N)N)cc2n1C)C1CCCC1. The molecule has 1 aliphatic carbocycles. The summed E-state index contributed by atoms with van der Waals surface area (Å²) in [6.07, 6.45) is 8.24. The Morgan fingerprint density at radius 2 is 1.91 bits per heavy atom. The first kappa shape index (κ1) is 25.2.